The van der Waals surface area contributed by atoms with Crippen LogP contribution in [0.2, 0.25) is 0 Å². The van der Waals surface area contributed by atoms with E-state index in [1.165, 1.54) is 12.1 Å². The molecular weight excluding hydrogens is 504 g/mol. The van der Waals surface area contributed by atoms with Crippen LogP contribution in [0.3, 0.4) is 0 Å². The Morgan fingerprint density at radius 2 is 1.44 bits per heavy atom. The summed E-state index contributed by atoms with van der Waals surface area (Å²) in [5.41, 5.74) is 6.22. The van der Waals surface area contributed by atoms with Crippen LogP contribution >= 0.6 is 0 Å². The van der Waals surface area contributed by atoms with E-state index < -0.39 is 31.7 Å². The summed E-state index contributed by atoms with van der Waals surface area (Å²) in [6, 6.07) is 14.5. The molecule has 0 atom stereocenters. The van der Waals surface area contributed by atoms with Gasteiger partial charge in [-0.1, -0.05) is 18.2 Å². The van der Waals surface area contributed by atoms with E-state index in [0.29, 0.717) is 28.0 Å². The van der Waals surface area contributed by atoms with Crippen molar-refractivity contribution in [2.45, 2.75) is 25.4 Å². The van der Waals surface area contributed by atoms with Crippen molar-refractivity contribution in [3.63, 3.8) is 0 Å². The first-order valence-corrected chi connectivity index (χ1v) is 14.1. The van der Waals surface area contributed by atoms with Crippen LogP contribution in [0.1, 0.15) is 22.5 Å². The van der Waals surface area contributed by atoms with Crippen molar-refractivity contribution in [1.82, 2.24) is 19.9 Å². The first-order chi connectivity index (χ1) is 16.8. The maximum absolute atomic E-state index is 11.7. The fourth-order valence-corrected chi connectivity index (χ4v) is 5.74. The second kappa shape index (κ2) is 8.52. The van der Waals surface area contributed by atoms with Gasteiger partial charge >= 0.3 is 0 Å². The van der Waals surface area contributed by atoms with Crippen molar-refractivity contribution < 1.29 is 25.9 Å². The summed E-state index contributed by atoms with van der Waals surface area (Å²) in [5, 5.41) is 0. The van der Waals surface area contributed by atoms with Crippen LogP contribution in [0.25, 0.3) is 44.6 Å². The minimum atomic E-state index is -4.39. The van der Waals surface area contributed by atoms with E-state index in [0.717, 1.165) is 28.0 Å². The second-order valence-electron chi connectivity index (χ2n) is 8.76. The molecule has 3 aromatic carbocycles. The van der Waals surface area contributed by atoms with Crippen molar-refractivity contribution in [2.24, 2.45) is 0 Å². The lowest BCUT2D eigenvalue weighted by Gasteiger charge is -2.12. The van der Waals surface area contributed by atoms with Gasteiger partial charge in [-0.3, -0.25) is 9.11 Å². The van der Waals surface area contributed by atoms with E-state index in [1.807, 2.05) is 43.3 Å². The second-order valence-corrected chi connectivity index (χ2v) is 11.7. The number of aryl methyl sites for hydroxylation is 2. The number of H-pyrrole nitrogens is 2. The molecule has 0 spiro atoms. The number of aromatic nitrogens is 4. The first-order valence-electron chi connectivity index (χ1n) is 10.8. The van der Waals surface area contributed by atoms with Gasteiger partial charge in [0, 0.05) is 5.56 Å². The number of rotatable bonds is 6. The van der Waals surface area contributed by atoms with E-state index >= 15 is 0 Å². The van der Waals surface area contributed by atoms with Crippen LogP contribution in [0, 0.1) is 13.8 Å². The molecule has 4 N–H and O–H groups in total. The van der Waals surface area contributed by atoms with E-state index in [2.05, 4.69) is 19.9 Å². The van der Waals surface area contributed by atoms with Gasteiger partial charge in [-0.15, -0.1) is 0 Å². The van der Waals surface area contributed by atoms with E-state index in [-0.39, 0.29) is 11.1 Å². The molecule has 10 nitrogen and oxygen atoms in total. The molecule has 0 saturated heterocycles. The number of fused-ring (bicyclic) bond motifs is 2. The molecule has 5 rings (SSSR count). The van der Waals surface area contributed by atoms with Gasteiger partial charge in [0.1, 0.15) is 23.2 Å². The van der Waals surface area contributed by atoms with Crippen molar-refractivity contribution in [2.75, 3.05) is 0 Å². The monoisotopic (exact) mass is 526 g/mol. The summed E-state index contributed by atoms with van der Waals surface area (Å²) in [4.78, 5) is 15.4. The summed E-state index contributed by atoms with van der Waals surface area (Å²) in [6.07, 6.45) is 0. The summed E-state index contributed by atoms with van der Waals surface area (Å²) < 4.78 is 65.1. The van der Waals surface area contributed by atoms with Gasteiger partial charge in [0.25, 0.3) is 20.2 Å². The minimum absolute atomic E-state index is 0.257. The lowest BCUT2D eigenvalue weighted by molar-refractivity contribution is 0.479. The van der Waals surface area contributed by atoms with E-state index in [4.69, 9.17) is 0 Å². The topological polar surface area (TPSA) is 166 Å². The van der Waals surface area contributed by atoms with Crippen molar-refractivity contribution in [1.29, 1.82) is 0 Å². The lowest BCUT2D eigenvalue weighted by atomic mass is 9.99. The minimum Gasteiger partial charge on any atom is -0.342 e. The molecule has 0 fully saturated rings. The largest absolute Gasteiger partial charge is 0.342 e. The van der Waals surface area contributed by atoms with Crippen molar-refractivity contribution >= 4 is 42.3 Å². The maximum Gasteiger partial charge on any atom is 0.269 e. The Morgan fingerprint density at radius 3 is 2.17 bits per heavy atom. The summed E-state index contributed by atoms with van der Waals surface area (Å²) in [6.45, 7) is 3.49. The Balaban J connectivity index is 1.63. The zero-order valence-corrected chi connectivity index (χ0v) is 20.9. The third kappa shape index (κ3) is 5.02. The lowest BCUT2D eigenvalue weighted by Crippen LogP contribution is -2.08. The number of aromatic amines is 2. The van der Waals surface area contributed by atoms with Crippen LogP contribution in [-0.2, 0) is 31.7 Å². The molecule has 0 bridgehead atoms. The van der Waals surface area contributed by atoms with Crippen LogP contribution in [0.15, 0.2) is 48.5 Å². The number of nitrogens with one attached hydrogen (secondary N) is 2. The van der Waals surface area contributed by atoms with Crippen molar-refractivity contribution in [3.8, 4) is 22.5 Å². The highest BCUT2D eigenvalue weighted by Gasteiger charge is 2.20. The molecule has 0 aliphatic carbocycles. The quantitative estimate of drug-likeness (QED) is 0.239. The standard InChI is InChI=1S/C24H22N4O6S2/c1-13-7-15(11-35(29,30)31)8-18(19(13)12-36(32,33)34)24-27-21-6-4-17(10-23(21)28-24)16-3-5-20-22(9-16)26-14(2)25-20/h3-10H,11-12H2,1-2H3,(H,25,26)(H,27,28)(H,29,30,31)(H,32,33,34). The van der Waals surface area contributed by atoms with Gasteiger partial charge in [-0.2, -0.15) is 16.8 Å². The maximum atomic E-state index is 11.7. The van der Waals surface area contributed by atoms with Gasteiger partial charge < -0.3 is 9.97 Å². The zero-order chi connectivity index (χ0) is 25.8. The van der Waals surface area contributed by atoms with Crippen LogP contribution < -0.4 is 0 Å². The van der Waals surface area contributed by atoms with Crippen LogP contribution in [0.4, 0.5) is 0 Å². The first kappa shape index (κ1) is 24.1. The molecule has 5 aromatic rings. The molecule has 0 aliphatic rings. The number of nitrogens with zero attached hydrogens (tertiary/aromatic N) is 2. The van der Waals surface area contributed by atoms with Gasteiger partial charge in [0.15, 0.2) is 0 Å². The Kier molecular flexibility index (Phi) is 5.71. The third-order valence-corrected chi connectivity index (χ3v) is 7.23. The predicted molar refractivity (Wildman–Crippen MR) is 137 cm³/mol. The average Bonchev–Trinajstić information content (AvgIpc) is 3.34. The highest BCUT2D eigenvalue weighted by molar-refractivity contribution is 7.85. The Morgan fingerprint density at radius 1 is 0.750 bits per heavy atom. The van der Waals surface area contributed by atoms with E-state index in [9.17, 15) is 25.9 Å². The zero-order valence-electron chi connectivity index (χ0n) is 19.3. The molecular formula is C24H22N4O6S2. The molecule has 0 saturated carbocycles. The molecule has 36 heavy (non-hydrogen) atoms. The highest BCUT2D eigenvalue weighted by atomic mass is 32.2. The van der Waals surface area contributed by atoms with Crippen molar-refractivity contribution in [3.05, 3.63) is 71.0 Å². The summed E-state index contributed by atoms with van der Waals surface area (Å²) >= 11 is 0. The van der Waals surface area contributed by atoms with Gasteiger partial charge in [0.2, 0.25) is 0 Å². The fraction of sp³-hybridized carbons (Fsp3) is 0.167. The molecule has 0 amide bonds. The molecule has 12 heteroatoms. The smallest absolute Gasteiger partial charge is 0.269 e. The molecule has 2 aromatic heterocycles. The summed E-state index contributed by atoms with van der Waals surface area (Å²) in [5.74, 6) is -0.194. The predicted octanol–water partition coefficient (Wildman–Crippen LogP) is 4.17. The Labute approximate surface area is 206 Å². The molecule has 0 unspecified atom stereocenters. The molecule has 0 radical (unpaired) electrons. The number of imidazole rings is 2. The normalized spacial score (nSPS) is 12.6. The van der Waals surface area contributed by atoms with Crippen LogP contribution in [0.5, 0.6) is 0 Å². The van der Waals surface area contributed by atoms with Crippen LogP contribution in [-0.4, -0.2) is 45.9 Å². The Hall–Kier alpha value is -3.58. The number of hydrogen-bond donors (Lipinski definition) is 4. The SMILES string of the molecule is Cc1nc2cc(-c3ccc4nc(-c5cc(CS(=O)(=O)O)cc(C)c5CS(=O)(=O)O)[nH]c4c3)ccc2[nH]1. The van der Waals surface area contributed by atoms with Gasteiger partial charge in [-0.05, 0) is 72.0 Å². The Bertz CT molecular complexity index is 1870. The molecule has 2 heterocycles. The highest BCUT2D eigenvalue weighted by Crippen LogP contribution is 2.32. The molecule has 0 aliphatic heterocycles. The van der Waals surface area contributed by atoms with Gasteiger partial charge in [0.05, 0.1) is 22.1 Å². The number of hydrogen-bond acceptors (Lipinski definition) is 6. The average molecular weight is 527 g/mol. The fourth-order valence-electron chi connectivity index (χ4n) is 4.40. The van der Waals surface area contributed by atoms with E-state index in [1.54, 1.807) is 6.92 Å². The summed E-state index contributed by atoms with van der Waals surface area (Å²) in [7, 11) is -8.71. The third-order valence-electron chi connectivity index (χ3n) is 5.88. The molecule has 186 valence electrons. The number of benzene rings is 3. The van der Waals surface area contributed by atoms with Gasteiger partial charge in [-0.25, -0.2) is 9.97 Å².